The zero-order valence-corrected chi connectivity index (χ0v) is 19.4. The zero-order valence-electron chi connectivity index (χ0n) is 17.9. The predicted octanol–water partition coefficient (Wildman–Crippen LogP) is 5.67. The molecule has 2 heterocycles. The molecule has 0 aliphatic carbocycles. The van der Waals surface area contributed by atoms with Crippen molar-refractivity contribution in [1.29, 1.82) is 0 Å². The van der Waals surface area contributed by atoms with Gasteiger partial charge >= 0.3 is 0 Å². The van der Waals surface area contributed by atoms with E-state index >= 15 is 0 Å². The highest BCUT2D eigenvalue weighted by atomic mass is 35.5. The SMILES string of the molecule is O=[N+]([O-])c1ccc(NCCN(Cc2ccc(Cl)c(Cl)c2)c2nccc(-c3cc[c]cc3)n2)nc1. The molecule has 0 fully saturated rings. The number of hydrogen-bond acceptors (Lipinski definition) is 7. The van der Waals surface area contributed by atoms with Crippen molar-refractivity contribution in [3.8, 4) is 11.3 Å². The first-order valence-electron chi connectivity index (χ1n) is 10.3. The molecule has 1 radical (unpaired) electrons. The quantitative estimate of drug-likeness (QED) is 0.236. The predicted molar refractivity (Wildman–Crippen MR) is 133 cm³/mol. The van der Waals surface area contributed by atoms with Crippen LogP contribution in [0.3, 0.4) is 0 Å². The first-order valence-corrected chi connectivity index (χ1v) is 11.1. The van der Waals surface area contributed by atoms with Gasteiger partial charge in [0.1, 0.15) is 12.0 Å². The largest absolute Gasteiger partial charge is 0.368 e. The number of anilines is 2. The third-order valence-corrected chi connectivity index (χ3v) is 5.68. The molecule has 8 nitrogen and oxygen atoms in total. The number of rotatable bonds is 9. The van der Waals surface area contributed by atoms with Crippen LogP contribution in [0.5, 0.6) is 0 Å². The highest BCUT2D eigenvalue weighted by Crippen LogP contribution is 2.25. The Hall–Kier alpha value is -3.75. The Bertz CT molecular complexity index is 1270. The van der Waals surface area contributed by atoms with Crippen LogP contribution in [0.25, 0.3) is 11.3 Å². The Kier molecular flexibility index (Phi) is 7.51. The number of pyridine rings is 1. The molecular weight excluding hydrogens is 475 g/mol. The maximum Gasteiger partial charge on any atom is 0.287 e. The fourth-order valence-electron chi connectivity index (χ4n) is 3.24. The normalized spacial score (nSPS) is 10.6. The second kappa shape index (κ2) is 10.9. The number of nitro groups is 1. The van der Waals surface area contributed by atoms with Crippen LogP contribution in [-0.2, 0) is 6.54 Å². The molecule has 0 bridgehead atoms. The lowest BCUT2D eigenvalue weighted by molar-refractivity contribution is -0.385. The van der Waals surface area contributed by atoms with Gasteiger partial charge in [0, 0.05) is 37.5 Å². The van der Waals surface area contributed by atoms with Gasteiger partial charge in [0.2, 0.25) is 5.95 Å². The maximum absolute atomic E-state index is 10.8. The average molecular weight is 494 g/mol. The first-order chi connectivity index (χ1) is 16.5. The Labute approximate surface area is 206 Å². The fraction of sp³-hybridized carbons (Fsp3) is 0.125. The summed E-state index contributed by atoms with van der Waals surface area (Å²) in [5.41, 5.74) is 2.65. The molecule has 0 unspecified atom stereocenters. The van der Waals surface area contributed by atoms with E-state index in [9.17, 15) is 10.1 Å². The molecule has 0 aliphatic rings. The van der Waals surface area contributed by atoms with Crippen molar-refractivity contribution in [3.63, 3.8) is 0 Å². The molecule has 2 aromatic heterocycles. The molecule has 4 rings (SSSR count). The molecule has 2 aromatic carbocycles. The van der Waals surface area contributed by atoms with Crippen LogP contribution in [0.4, 0.5) is 17.5 Å². The molecular formula is C24H19Cl2N6O2. The van der Waals surface area contributed by atoms with Gasteiger partial charge < -0.3 is 10.2 Å². The molecule has 0 aliphatic heterocycles. The van der Waals surface area contributed by atoms with E-state index < -0.39 is 4.92 Å². The van der Waals surface area contributed by atoms with Crippen LogP contribution in [0.2, 0.25) is 10.0 Å². The second-order valence-electron chi connectivity index (χ2n) is 7.29. The first kappa shape index (κ1) is 23.4. The van der Waals surface area contributed by atoms with Crippen molar-refractivity contribution in [1.82, 2.24) is 15.0 Å². The molecule has 1 N–H and O–H groups in total. The maximum atomic E-state index is 10.8. The standard InChI is InChI=1S/C24H19Cl2N6O2/c25-20-8-6-17(14-21(20)26)16-31(13-12-27-23-9-7-19(15-29-23)32(33)34)24-28-11-10-22(30-24)18-4-2-1-3-5-18/h2-11,14-15H,12-13,16H2,(H,27,29). The van der Waals surface area contributed by atoms with Gasteiger partial charge in [-0.25, -0.2) is 15.0 Å². The average Bonchev–Trinajstić information content (AvgIpc) is 2.86. The van der Waals surface area contributed by atoms with E-state index in [1.807, 2.05) is 47.4 Å². The van der Waals surface area contributed by atoms with Crippen molar-refractivity contribution in [2.24, 2.45) is 0 Å². The lowest BCUT2D eigenvalue weighted by Crippen LogP contribution is -2.30. The Morgan fingerprint density at radius 1 is 1.03 bits per heavy atom. The Morgan fingerprint density at radius 2 is 1.85 bits per heavy atom. The molecule has 10 heteroatoms. The summed E-state index contributed by atoms with van der Waals surface area (Å²) < 4.78 is 0. The topological polar surface area (TPSA) is 97.1 Å². The van der Waals surface area contributed by atoms with Crippen LogP contribution < -0.4 is 10.2 Å². The van der Waals surface area contributed by atoms with E-state index in [0.717, 1.165) is 16.8 Å². The third-order valence-electron chi connectivity index (χ3n) is 4.94. The second-order valence-corrected chi connectivity index (χ2v) is 8.10. The van der Waals surface area contributed by atoms with Crippen LogP contribution in [-0.4, -0.2) is 33.0 Å². The monoisotopic (exact) mass is 493 g/mol. The van der Waals surface area contributed by atoms with Gasteiger partial charge in [0.05, 0.1) is 20.7 Å². The molecule has 0 spiro atoms. The molecule has 0 saturated carbocycles. The number of hydrogen-bond donors (Lipinski definition) is 1. The van der Waals surface area contributed by atoms with E-state index in [4.69, 9.17) is 28.2 Å². The lowest BCUT2D eigenvalue weighted by atomic mass is 10.1. The summed E-state index contributed by atoms with van der Waals surface area (Å²) in [6.45, 7) is 1.53. The highest BCUT2D eigenvalue weighted by molar-refractivity contribution is 6.42. The Balaban J connectivity index is 1.54. The minimum absolute atomic E-state index is 0.0597. The van der Waals surface area contributed by atoms with Crippen molar-refractivity contribution in [2.75, 3.05) is 23.3 Å². The molecule has 0 atom stereocenters. The number of halogens is 2. The van der Waals surface area contributed by atoms with Crippen LogP contribution in [0.15, 0.2) is 73.1 Å². The van der Waals surface area contributed by atoms with E-state index in [2.05, 4.69) is 21.4 Å². The van der Waals surface area contributed by atoms with Gasteiger partial charge in [-0.2, -0.15) is 0 Å². The molecule has 171 valence electrons. The summed E-state index contributed by atoms with van der Waals surface area (Å²) in [7, 11) is 0. The van der Waals surface area contributed by atoms with E-state index in [0.29, 0.717) is 41.4 Å². The van der Waals surface area contributed by atoms with E-state index in [1.54, 1.807) is 18.3 Å². The number of benzene rings is 2. The summed E-state index contributed by atoms with van der Waals surface area (Å²) in [6, 6.07) is 20.9. The summed E-state index contributed by atoms with van der Waals surface area (Å²) in [5.74, 6) is 1.09. The summed E-state index contributed by atoms with van der Waals surface area (Å²) in [4.78, 5) is 25.7. The van der Waals surface area contributed by atoms with Crippen molar-refractivity contribution < 1.29 is 4.92 Å². The third kappa shape index (κ3) is 5.98. The smallest absolute Gasteiger partial charge is 0.287 e. The van der Waals surface area contributed by atoms with Crippen LogP contribution in [0, 0.1) is 16.2 Å². The highest BCUT2D eigenvalue weighted by Gasteiger charge is 2.13. The van der Waals surface area contributed by atoms with Gasteiger partial charge in [-0.05, 0) is 35.9 Å². The number of nitrogens with one attached hydrogen (secondary N) is 1. The van der Waals surface area contributed by atoms with Crippen molar-refractivity contribution in [2.45, 2.75) is 6.54 Å². The minimum Gasteiger partial charge on any atom is -0.368 e. The lowest BCUT2D eigenvalue weighted by Gasteiger charge is -2.23. The Morgan fingerprint density at radius 3 is 2.56 bits per heavy atom. The molecule has 4 aromatic rings. The van der Waals surface area contributed by atoms with Crippen molar-refractivity contribution in [3.05, 3.63) is 105 Å². The number of aromatic nitrogens is 3. The van der Waals surface area contributed by atoms with Gasteiger partial charge in [-0.1, -0.05) is 53.5 Å². The van der Waals surface area contributed by atoms with Crippen LogP contribution in [0.1, 0.15) is 5.56 Å². The number of nitrogens with zero attached hydrogens (tertiary/aromatic N) is 5. The zero-order chi connectivity index (χ0) is 23.9. The fourth-order valence-corrected chi connectivity index (χ4v) is 3.57. The minimum atomic E-state index is -0.481. The van der Waals surface area contributed by atoms with E-state index in [1.165, 1.54) is 12.3 Å². The van der Waals surface area contributed by atoms with E-state index in [-0.39, 0.29) is 5.69 Å². The summed E-state index contributed by atoms with van der Waals surface area (Å²) >= 11 is 12.3. The molecule has 0 saturated heterocycles. The van der Waals surface area contributed by atoms with Gasteiger partial charge in [0.25, 0.3) is 5.69 Å². The van der Waals surface area contributed by atoms with Gasteiger partial charge in [0.15, 0.2) is 0 Å². The summed E-state index contributed by atoms with van der Waals surface area (Å²) in [6.07, 6.45) is 2.95. The van der Waals surface area contributed by atoms with Gasteiger partial charge in [-0.3, -0.25) is 10.1 Å². The van der Waals surface area contributed by atoms with Gasteiger partial charge in [-0.15, -0.1) is 0 Å². The van der Waals surface area contributed by atoms with Crippen LogP contribution >= 0.6 is 23.2 Å². The van der Waals surface area contributed by atoms with Crippen molar-refractivity contribution >= 4 is 40.7 Å². The molecule has 0 amide bonds. The molecule has 34 heavy (non-hydrogen) atoms. The summed E-state index contributed by atoms with van der Waals surface area (Å²) in [5, 5.41) is 15.0.